The van der Waals surface area contributed by atoms with Gasteiger partial charge in [-0.15, -0.1) is 0 Å². The maximum atomic E-state index is 12.8. The minimum Gasteiger partial charge on any atom is -0.493 e. The van der Waals surface area contributed by atoms with Crippen molar-refractivity contribution in [2.45, 2.75) is 17.7 Å². The number of para-hydroxylation sites is 1. The van der Waals surface area contributed by atoms with Gasteiger partial charge in [0.1, 0.15) is 0 Å². The molecule has 2 aliphatic rings. The van der Waals surface area contributed by atoms with Gasteiger partial charge in [-0.3, -0.25) is 4.79 Å². The van der Waals surface area contributed by atoms with E-state index in [1.807, 2.05) is 0 Å². The molecule has 4 rings (SSSR count). The number of amides is 1. The lowest BCUT2D eigenvalue weighted by Gasteiger charge is -2.26. The third kappa shape index (κ3) is 4.57. The fraction of sp³-hybridized carbons (Fsp3) is 0.333. The number of hydrogen-bond donors (Lipinski definition) is 0. The van der Waals surface area contributed by atoms with E-state index in [9.17, 15) is 13.2 Å². The number of thioether (sulfide) groups is 1. The number of carbonyl (C=O) groups excluding carboxylic acids is 1. The monoisotopic (exact) mass is 514 g/mol. The van der Waals surface area contributed by atoms with Crippen molar-refractivity contribution in [2.24, 2.45) is 4.99 Å². The number of carbonyl (C=O) groups is 1. The van der Waals surface area contributed by atoms with Gasteiger partial charge in [0.15, 0.2) is 26.5 Å². The summed E-state index contributed by atoms with van der Waals surface area (Å²) in [7, 11) is -0.137. The molecule has 2 fully saturated rings. The summed E-state index contributed by atoms with van der Waals surface area (Å²) in [6.45, 7) is 0. The van der Waals surface area contributed by atoms with Gasteiger partial charge in [0.2, 0.25) is 0 Å². The van der Waals surface area contributed by atoms with E-state index in [1.54, 1.807) is 41.3 Å². The van der Waals surface area contributed by atoms with Crippen molar-refractivity contribution in [1.82, 2.24) is 0 Å². The molecule has 32 heavy (non-hydrogen) atoms. The second-order valence-corrected chi connectivity index (χ2v) is 11.6. The molecule has 0 bridgehead atoms. The molecule has 0 N–H and O–H groups in total. The highest BCUT2D eigenvalue weighted by Gasteiger charge is 2.50. The lowest BCUT2D eigenvalue weighted by Crippen LogP contribution is -2.38. The predicted molar refractivity (Wildman–Crippen MR) is 128 cm³/mol. The number of fused-ring (bicyclic) bond motifs is 1. The molecule has 7 nitrogen and oxygen atoms in total. The number of ether oxygens (including phenoxy) is 2. The Morgan fingerprint density at radius 2 is 1.81 bits per heavy atom. The molecule has 2 aromatic carbocycles. The van der Waals surface area contributed by atoms with Crippen molar-refractivity contribution in [3.8, 4) is 11.5 Å². The summed E-state index contributed by atoms with van der Waals surface area (Å²) < 4.78 is 35.0. The van der Waals surface area contributed by atoms with E-state index in [1.165, 1.54) is 26.0 Å². The minimum absolute atomic E-state index is 0.0177. The van der Waals surface area contributed by atoms with E-state index in [0.29, 0.717) is 38.0 Å². The Kier molecular flexibility index (Phi) is 6.63. The molecule has 2 aromatic rings. The summed E-state index contributed by atoms with van der Waals surface area (Å²) in [6.07, 6.45) is 0.0438. The molecule has 0 spiro atoms. The molecular formula is C21H20Cl2N2O5S2. The van der Waals surface area contributed by atoms with Crippen LogP contribution in [0.15, 0.2) is 41.4 Å². The van der Waals surface area contributed by atoms with Gasteiger partial charge in [0, 0.05) is 5.25 Å². The number of sulfone groups is 1. The van der Waals surface area contributed by atoms with Crippen LogP contribution in [-0.2, 0) is 21.1 Å². The van der Waals surface area contributed by atoms with Crippen LogP contribution in [0.4, 0.5) is 5.69 Å². The molecule has 0 saturated carbocycles. The van der Waals surface area contributed by atoms with E-state index < -0.39 is 15.9 Å². The summed E-state index contributed by atoms with van der Waals surface area (Å²) in [4.78, 5) is 18.9. The van der Waals surface area contributed by atoms with Crippen LogP contribution in [0.25, 0.3) is 0 Å². The minimum atomic E-state index is -3.20. The molecule has 0 aliphatic carbocycles. The van der Waals surface area contributed by atoms with Crippen LogP contribution in [0.2, 0.25) is 10.0 Å². The number of rotatable bonds is 5. The first-order valence-electron chi connectivity index (χ1n) is 9.65. The van der Waals surface area contributed by atoms with Crippen molar-refractivity contribution in [3.63, 3.8) is 0 Å². The standard InChI is InChI=1S/C21H20Cl2N2O5S2/c1-29-16-7-6-12(8-17(16)30-2)9-19(26)24-21-25(20-13(22)4-3-5-14(20)23)15-10-32(27,28)11-18(15)31-21/h3-8,15,18H,9-11H2,1-2H3/t15-,18-/m0/s1. The Hall–Kier alpha value is -1.94. The lowest BCUT2D eigenvalue weighted by molar-refractivity contribution is -0.117. The van der Waals surface area contributed by atoms with Crippen LogP contribution in [-0.4, -0.2) is 56.5 Å². The summed E-state index contributed by atoms with van der Waals surface area (Å²) in [6, 6.07) is 9.88. The number of amidine groups is 1. The zero-order valence-electron chi connectivity index (χ0n) is 17.2. The Morgan fingerprint density at radius 3 is 2.47 bits per heavy atom. The van der Waals surface area contributed by atoms with Crippen LogP contribution in [0.1, 0.15) is 5.56 Å². The fourth-order valence-electron chi connectivity index (χ4n) is 3.86. The predicted octanol–water partition coefficient (Wildman–Crippen LogP) is 3.85. The van der Waals surface area contributed by atoms with Crippen LogP contribution >= 0.6 is 35.0 Å². The summed E-state index contributed by atoms with van der Waals surface area (Å²) in [5, 5.41) is 0.876. The SMILES string of the molecule is COc1ccc(CC(=O)N=C2S[C@H]3CS(=O)(=O)C[C@@H]3N2c2c(Cl)cccc2Cl)cc1OC. The zero-order valence-corrected chi connectivity index (χ0v) is 20.4. The third-order valence-electron chi connectivity index (χ3n) is 5.27. The van der Waals surface area contributed by atoms with Gasteiger partial charge in [0.05, 0.1) is 53.9 Å². The van der Waals surface area contributed by atoms with Gasteiger partial charge in [0.25, 0.3) is 5.91 Å². The van der Waals surface area contributed by atoms with Gasteiger partial charge in [-0.1, -0.05) is 47.1 Å². The largest absolute Gasteiger partial charge is 0.493 e. The Bertz CT molecular complexity index is 1180. The number of nitrogens with zero attached hydrogens (tertiary/aromatic N) is 2. The fourth-order valence-corrected chi connectivity index (χ4v) is 8.35. The molecular weight excluding hydrogens is 495 g/mol. The van der Waals surface area contributed by atoms with E-state index >= 15 is 0 Å². The lowest BCUT2D eigenvalue weighted by atomic mass is 10.1. The quantitative estimate of drug-likeness (QED) is 0.598. The highest BCUT2D eigenvalue weighted by molar-refractivity contribution is 8.16. The van der Waals surface area contributed by atoms with Gasteiger partial charge in [-0.2, -0.15) is 4.99 Å². The van der Waals surface area contributed by atoms with E-state index in [-0.39, 0.29) is 29.1 Å². The van der Waals surface area contributed by atoms with E-state index in [2.05, 4.69) is 4.99 Å². The van der Waals surface area contributed by atoms with Gasteiger partial charge >= 0.3 is 0 Å². The first-order valence-corrected chi connectivity index (χ1v) is 13.1. The maximum Gasteiger partial charge on any atom is 0.252 e. The molecule has 11 heteroatoms. The molecule has 2 saturated heterocycles. The van der Waals surface area contributed by atoms with Crippen molar-refractivity contribution >= 4 is 61.6 Å². The van der Waals surface area contributed by atoms with Crippen LogP contribution < -0.4 is 14.4 Å². The van der Waals surface area contributed by atoms with E-state index in [0.717, 1.165) is 0 Å². The van der Waals surface area contributed by atoms with Gasteiger partial charge < -0.3 is 14.4 Å². The van der Waals surface area contributed by atoms with Crippen molar-refractivity contribution < 1.29 is 22.7 Å². The molecule has 2 heterocycles. The topological polar surface area (TPSA) is 85.3 Å². The molecule has 170 valence electrons. The molecule has 0 unspecified atom stereocenters. The molecule has 2 aliphatic heterocycles. The van der Waals surface area contributed by atoms with E-state index in [4.69, 9.17) is 32.7 Å². The molecule has 0 radical (unpaired) electrons. The van der Waals surface area contributed by atoms with Crippen molar-refractivity contribution in [1.29, 1.82) is 0 Å². The average Bonchev–Trinajstić information content (AvgIpc) is 3.19. The second kappa shape index (κ2) is 9.13. The molecule has 0 aromatic heterocycles. The first-order chi connectivity index (χ1) is 15.2. The number of aliphatic imine (C=N–C) groups is 1. The zero-order chi connectivity index (χ0) is 23.0. The first kappa shape index (κ1) is 23.2. The number of halogens is 2. The normalized spacial score (nSPS) is 22.8. The summed E-state index contributed by atoms with van der Waals surface area (Å²) in [5.74, 6) is 0.675. The second-order valence-electron chi connectivity index (χ2n) is 7.40. The van der Waals surface area contributed by atoms with Gasteiger partial charge in [-0.05, 0) is 29.8 Å². The van der Waals surface area contributed by atoms with Crippen LogP contribution in [0, 0.1) is 0 Å². The number of benzene rings is 2. The van der Waals surface area contributed by atoms with Crippen LogP contribution in [0.5, 0.6) is 11.5 Å². The number of methoxy groups -OCH3 is 2. The summed E-state index contributed by atoms with van der Waals surface area (Å²) >= 11 is 14.1. The number of anilines is 1. The van der Waals surface area contributed by atoms with Gasteiger partial charge in [-0.25, -0.2) is 8.42 Å². The average molecular weight is 515 g/mol. The number of hydrogen-bond acceptors (Lipinski definition) is 6. The van der Waals surface area contributed by atoms with Crippen LogP contribution in [0.3, 0.4) is 0 Å². The third-order valence-corrected chi connectivity index (χ3v) is 9.09. The Labute approximate surface area is 200 Å². The smallest absolute Gasteiger partial charge is 0.252 e. The highest BCUT2D eigenvalue weighted by Crippen LogP contribution is 2.45. The Morgan fingerprint density at radius 1 is 1.12 bits per heavy atom. The van der Waals surface area contributed by atoms with Crippen molar-refractivity contribution in [3.05, 3.63) is 52.0 Å². The summed E-state index contributed by atoms with van der Waals surface area (Å²) in [5.41, 5.74) is 1.18. The molecule has 2 atom stereocenters. The highest BCUT2D eigenvalue weighted by atomic mass is 35.5. The van der Waals surface area contributed by atoms with Crippen molar-refractivity contribution in [2.75, 3.05) is 30.6 Å². The maximum absolute atomic E-state index is 12.8. The Balaban J connectivity index is 1.66. The molecule has 1 amide bonds.